The number of hydrogen-bond donors (Lipinski definition) is 2. The largest absolute Gasteiger partial charge is 0.448 e. The first-order valence-corrected chi connectivity index (χ1v) is 7.66. The van der Waals surface area contributed by atoms with E-state index in [0.717, 1.165) is 0 Å². The number of H-pyrrole nitrogens is 1. The van der Waals surface area contributed by atoms with Crippen molar-refractivity contribution in [2.24, 2.45) is 5.92 Å². The first kappa shape index (κ1) is 17.5. The maximum Gasteiger partial charge on any atom is 0.360 e. The second kappa shape index (κ2) is 6.71. The maximum atomic E-state index is 12.3. The van der Waals surface area contributed by atoms with Gasteiger partial charge in [0.2, 0.25) is 0 Å². The van der Waals surface area contributed by atoms with Crippen molar-refractivity contribution in [3.05, 3.63) is 30.0 Å². The lowest BCUT2D eigenvalue weighted by Crippen LogP contribution is -2.52. The van der Waals surface area contributed by atoms with Gasteiger partial charge in [0.15, 0.2) is 11.8 Å². The lowest BCUT2D eigenvalue weighted by atomic mass is 9.90. The van der Waals surface area contributed by atoms with E-state index in [-0.39, 0.29) is 11.6 Å². The second-order valence-electron chi connectivity index (χ2n) is 6.12. The number of aromatic amines is 1. The third-order valence-corrected chi connectivity index (χ3v) is 4.09. The summed E-state index contributed by atoms with van der Waals surface area (Å²) in [6.07, 6.45) is -1.04. The Morgan fingerprint density at radius 2 is 2.00 bits per heavy atom. The van der Waals surface area contributed by atoms with Crippen molar-refractivity contribution in [3.63, 3.8) is 0 Å². The fourth-order valence-corrected chi connectivity index (χ4v) is 2.05. The van der Waals surface area contributed by atoms with Crippen molar-refractivity contribution in [2.75, 3.05) is 0 Å². The number of ether oxygens (including phenoxy) is 1. The molecule has 2 aromatic rings. The number of fused-ring (bicyclic) bond motifs is 1. The van der Waals surface area contributed by atoms with E-state index in [2.05, 4.69) is 21.6 Å². The molecule has 7 nitrogen and oxygen atoms in total. The Morgan fingerprint density at radius 1 is 1.33 bits per heavy atom. The summed E-state index contributed by atoms with van der Waals surface area (Å²) in [5.74, 6) is -1.32. The molecule has 0 spiro atoms. The number of hydrogen-bond acceptors (Lipinski definition) is 5. The lowest BCUT2D eigenvalue weighted by Gasteiger charge is -2.28. The topological polar surface area (TPSA) is 108 Å². The summed E-state index contributed by atoms with van der Waals surface area (Å²) in [6.45, 7) is 6.75. The SMILES string of the molecule is CC(C)[C@](C)(C#N)NC(=O)[C@@H](C)OC(=O)c1n[nH]c2ccccc12. The van der Waals surface area contributed by atoms with Crippen LogP contribution in [-0.4, -0.2) is 33.7 Å². The van der Waals surface area contributed by atoms with Gasteiger partial charge in [-0.2, -0.15) is 10.4 Å². The summed E-state index contributed by atoms with van der Waals surface area (Å²) in [6, 6.07) is 9.21. The molecule has 2 atom stereocenters. The molecular formula is C17H20N4O3. The number of nitriles is 1. The number of carbonyl (C=O) groups is 2. The Kier molecular flexibility index (Phi) is 4.88. The van der Waals surface area contributed by atoms with E-state index >= 15 is 0 Å². The van der Waals surface area contributed by atoms with Crippen molar-refractivity contribution in [2.45, 2.75) is 39.3 Å². The van der Waals surface area contributed by atoms with Crippen LogP contribution in [-0.2, 0) is 9.53 Å². The van der Waals surface area contributed by atoms with Gasteiger partial charge in [0.25, 0.3) is 5.91 Å². The molecule has 0 saturated heterocycles. The number of rotatable bonds is 5. The smallest absolute Gasteiger partial charge is 0.360 e. The van der Waals surface area contributed by atoms with Gasteiger partial charge >= 0.3 is 5.97 Å². The molecule has 7 heteroatoms. The Labute approximate surface area is 140 Å². The number of esters is 1. The molecule has 0 aliphatic rings. The van der Waals surface area contributed by atoms with Gasteiger partial charge < -0.3 is 10.1 Å². The first-order chi connectivity index (χ1) is 11.3. The number of amides is 1. The molecule has 0 unspecified atom stereocenters. The summed E-state index contributed by atoms with van der Waals surface area (Å²) in [4.78, 5) is 24.5. The summed E-state index contributed by atoms with van der Waals surface area (Å²) in [7, 11) is 0. The van der Waals surface area contributed by atoms with Gasteiger partial charge in [0.1, 0.15) is 5.54 Å². The second-order valence-corrected chi connectivity index (χ2v) is 6.12. The Morgan fingerprint density at radius 3 is 2.62 bits per heavy atom. The number of aromatic nitrogens is 2. The minimum atomic E-state index is -1.04. The highest BCUT2D eigenvalue weighted by atomic mass is 16.5. The number of carbonyl (C=O) groups excluding carboxylic acids is 2. The van der Waals surface area contributed by atoms with Gasteiger partial charge in [-0.05, 0) is 25.8 Å². The highest BCUT2D eigenvalue weighted by Gasteiger charge is 2.33. The average Bonchev–Trinajstić information content (AvgIpc) is 2.98. The Hall–Kier alpha value is -2.88. The van der Waals surface area contributed by atoms with Crippen LogP contribution < -0.4 is 5.32 Å². The minimum absolute atomic E-state index is 0.0929. The van der Waals surface area contributed by atoms with E-state index in [0.29, 0.717) is 10.9 Å². The van der Waals surface area contributed by atoms with E-state index in [9.17, 15) is 14.9 Å². The molecule has 2 rings (SSSR count). The normalized spacial score (nSPS) is 14.7. The molecule has 0 bridgehead atoms. The highest BCUT2D eigenvalue weighted by Crippen LogP contribution is 2.18. The lowest BCUT2D eigenvalue weighted by molar-refractivity contribution is -0.130. The molecule has 1 amide bonds. The fourth-order valence-electron chi connectivity index (χ4n) is 2.05. The van der Waals surface area contributed by atoms with Crippen LogP contribution in [0.25, 0.3) is 10.9 Å². The maximum absolute atomic E-state index is 12.3. The third-order valence-electron chi connectivity index (χ3n) is 4.09. The van der Waals surface area contributed by atoms with Crippen LogP contribution in [0.2, 0.25) is 0 Å². The third kappa shape index (κ3) is 3.38. The Bertz CT molecular complexity index is 806. The number of para-hydroxylation sites is 1. The number of nitrogens with one attached hydrogen (secondary N) is 2. The van der Waals surface area contributed by atoms with E-state index in [1.165, 1.54) is 6.92 Å². The van der Waals surface area contributed by atoms with Gasteiger partial charge in [-0.3, -0.25) is 9.89 Å². The van der Waals surface area contributed by atoms with Crippen LogP contribution >= 0.6 is 0 Å². The molecule has 1 aromatic heterocycles. The molecular weight excluding hydrogens is 308 g/mol. The molecule has 1 aromatic carbocycles. The molecule has 0 radical (unpaired) electrons. The molecule has 24 heavy (non-hydrogen) atoms. The highest BCUT2D eigenvalue weighted by molar-refractivity contribution is 6.02. The molecule has 0 fully saturated rings. The van der Waals surface area contributed by atoms with Crippen LogP contribution in [0, 0.1) is 17.2 Å². The van der Waals surface area contributed by atoms with Crippen molar-refractivity contribution >= 4 is 22.8 Å². The molecule has 2 N–H and O–H groups in total. The number of nitrogens with zero attached hydrogens (tertiary/aromatic N) is 2. The molecule has 126 valence electrons. The fraction of sp³-hybridized carbons (Fsp3) is 0.412. The van der Waals surface area contributed by atoms with Gasteiger partial charge in [-0.25, -0.2) is 4.79 Å². The van der Waals surface area contributed by atoms with Crippen LogP contribution in [0.1, 0.15) is 38.2 Å². The van der Waals surface area contributed by atoms with Gasteiger partial charge in [0, 0.05) is 5.39 Å². The van der Waals surface area contributed by atoms with Gasteiger partial charge in [0.05, 0.1) is 11.6 Å². The zero-order valence-corrected chi connectivity index (χ0v) is 14.1. The quantitative estimate of drug-likeness (QED) is 0.818. The molecule has 0 saturated carbocycles. The van der Waals surface area contributed by atoms with Crippen molar-refractivity contribution in [3.8, 4) is 6.07 Å². The first-order valence-electron chi connectivity index (χ1n) is 7.66. The summed E-state index contributed by atoms with van der Waals surface area (Å²) in [5, 5.41) is 19.2. The summed E-state index contributed by atoms with van der Waals surface area (Å²) < 4.78 is 5.19. The Balaban J connectivity index is 2.09. The standard InChI is InChI=1S/C17H20N4O3/c1-10(2)17(4,9-18)19-15(22)11(3)24-16(23)14-12-7-5-6-8-13(12)20-21-14/h5-8,10-11H,1-4H3,(H,19,22)(H,20,21)/t11-,17+/m1/s1. The number of benzene rings is 1. The molecule has 0 aliphatic heterocycles. The van der Waals surface area contributed by atoms with Crippen LogP contribution in [0.15, 0.2) is 24.3 Å². The van der Waals surface area contributed by atoms with Crippen LogP contribution in [0.5, 0.6) is 0 Å². The van der Waals surface area contributed by atoms with Crippen molar-refractivity contribution in [1.29, 1.82) is 5.26 Å². The molecule has 1 heterocycles. The summed E-state index contributed by atoms with van der Waals surface area (Å²) >= 11 is 0. The molecule has 0 aliphatic carbocycles. The van der Waals surface area contributed by atoms with E-state index in [1.54, 1.807) is 25.1 Å². The van der Waals surface area contributed by atoms with Gasteiger partial charge in [-0.1, -0.05) is 32.0 Å². The average molecular weight is 328 g/mol. The van der Waals surface area contributed by atoms with Crippen LogP contribution in [0.4, 0.5) is 0 Å². The van der Waals surface area contributed by atoms with E-state index in [4.69, 9.17) is 4.74 Å². The van der Waals surface area contributed by atoms with E-state index in [1.807, 2.05) is 19.9 Å². The predicted molar refractivity (Wildman–Crippen MR) is 88.0 cm³/mol. The summed E-state index contributed by atoms with van der Waals surface area (Å²) in [5.41, 5.74) is -0.202. The minimum Gasteiger partial charge on any atom is -0.448 e. The van der Waals surface area contributed by atoms with Crippen molar-refractivity contribution in [1.82, 2.24) is 15.5 Å². The van der Waals surface area contributed by atoms with E-state index < -0.39 is 23.5 Å². The monoisotopic (exact) mass is 328 g/mol. The zero-order valence-electron chi connectivity index (χ0n) is 14.1. The zero-order chi connectivity index (χ0) is 17.9. The van der Waals surface area contributed by atoms with Crippen LogP contribution in [0.3, 0.4) is 0 Å². The van der Waals surface area contributed by atoms with Crippen molar-refractivity contribution < 1.29 is 14.3 Å². The predicted octanol–water partition coefficient (Wildman–Crippen LogP) is 2.16. The van der Waals surface area contributed by atoms with Gasteiger partial charge in [-0.15, -0.1) is 0 Å².